The third-order valence-electron chi connectivity index (χ3n) is 3.54. The molecule has 23 heavy (non-hydrogen) atoms. The van der Waals surface area contributed by atoms with Gasteiger partial charge in [-0.15, -0.1) is 0 Å². The van der Waals surface area contributed by atoms with E-state index < -0.39 is 0 Å². The van der Waals surface area contributed by atoms with Gasteiger partial charge in [-0.05, 0) is 60.5 Å². The Hall–Kier alpha value is -2.95. The van der Waals surface area contributed by atoms with Crippen LogP contribution >= 0.6 is 0 Å². The van der Waals surface area contributed by atoms with Crippen LogP contribution in [0.5, 0.6) is 5.75 Å². The summed E-state index contributed by atoms with van der Waals surface area (Å²) in [7, 11) is 1.62. The second kappa shape index (κ2) is 6.04. The van der Waals surface area contributed by atoms with Gasteiger partial charge in [0.05, 0.1) is 7.11 Å². The van der Waals surface area contributed by atoms with Gasteiger partial charge in [-0.2, -0.15) is 0 Å². The molecule has 1 heterocycles. The van der Waals surface area contributed by atoms with Crippen LogP contribution in [0.3, 0.4) is 0 Å². The zero-order chi connectivity index (χ0) is 16.4. The number of hydrogen-bond donors (Lipinski definition) is 1. The van der Waals surface area contributed by atoms with Crippen LogP contribution in [0, 0.1) is 12.7 Å². The number of nitrogens with one attached hydrogen (secondary N) is 1. The van der Waals surface area contributed by atoms with Gasteiger partial charge in [-0.1, -0.05) is 6.07 Å². The second-order valence-corrected chi connectivity index (χ2v) is 5.18. The molecule has 0 fully saturated rings. The monoisotopic (exact) mass is 310 g/mol. The van der Waals surface area contributed by atoms with E-state index in [1.807, 2.05) is 25.1 Å². The van der Waals surface area contributed by atoms with Crippen LogP contribution in [-0.4, -0.2) is 18.9 Å². The highest BCUT2D eigenvalue weighted by Gasteiger charge is 2.21. The average Bonchev–Trinajstić information content (AvgIpc) is 2.89. The van der Waals surface area contributed by atoms with Gasteiger partial charge in [-0.25, -0.2) is 9.38 Å². The summed E-state index contributed by atoms with van der Waals surface area (Å²) in [4.78, 5) is 16.3. The number of nitrogens with zero attached hydrogens (tertiary/aromatic N) is 1. The van der Waals surface area contributed by atoms with E-state index in [2.05, 4.69) is 10.3 Å². The summed E-state index contributed by atoms with van der Waals surface area (Å²) < 4.78 is 18.2. The molecule has 1 amide bonds. The second-order valence-electron chi connectivity index (χ2n) is 5.18. The summed E-state index contributed by atoms with van der Waals surface area (Å²) in [5, 5.41) is 2.69. The molecule has 0 saturated heterocycles. The molecular formula is C18H15FN2O2. The first-order chi connectivity index (χ1) is 11.1. The quantitative estimate of drug-likeness (QED) is 0.886. The van der Waals surface area contributed by atoms with Crippen molar-refractivity contribution in [1.82, 2.24) is 5.32 Å². The van der Waals surface area contributed by atoms with Crippen molar-refractivity contribution < 1.29 is 13.9 Å². The molecule has 5 heteroatoms. The van der Waals surface area contributed by atoms with Gasteiger partial charge < -0.3 is 10.1 Å². The SMILES string of the molecule is COc1ccc(/C=C2/N=C(c3ccc(F)cc3)NC2=O)cc1C. The van der Waals surface area contributed by atoms with Crippen LogP contribution in [0.2, 0.25) is 0 Å². The largest absolute Gasteiger partial charge is 0.496 e. The number of benzene rings is 2. The molecule has 0 aromatic heterocycles. The molecule has 0 atom stereocenters. The lowest BCUT2D eigenvalue weighted by atomic mass is 10.1. The molecule has 116 valence electrons. The number of carbonyl (C=O) groups is 1. The molecule has 0 unspecified atom stereocenters. The Morgan fingerprint density at radius 2 is 1.91 bits per heavy atom. The number of methoxy groups -OCH3 is 1. The first-order valence-corrected chi connectivity index (χ1v) is 7.09. The van der Waals surface area contributed by atoms with Crippen molar-refractivity contribution in [3.05, 3.63) is 70.7 Å². The molecule has 3 rings (SSSR count). The molecule has 2 aromatic carbocycles. The number of carbonyl (C=O) groups excluding carboxylic acids is 1. The molecular weight excluding hydrogens is 295 g/mol. The predicted molar refractivity (Wildman–Crippen MR) is 86.8 cm³/mol. The molecule has 0 radical (unpaired) electrons. The standard InChI is InChI=1S/C18H15FN2O2/c1-11-9-12(3-8-16(11)23-2)10-15-18(22)21-17(20-15)13-4-6-14(19)7-5-13/h3-10H,1-2H3,(H,20,21,22)/b15-10+. The molecule has 1 N–H and O–H groups in total. The highest BCUT2D eigenvalue weighted by molar-refractivity contribution is 6.19. The van der Waals surface area contributed by atoms with Gasteiger partial charge >= 0.3 is 0 Å². The van der Waals surface area contributed by atoms with Gasteiger partial charge in [0.25, 0.3) is 5.91 Å². The minimum absolute atomic E-state index is 0.280. The fourth-order valence-corrected chi connectivity index (χ4v) is 2.36. The van der Waals surface area contributed by atoms with Crippen LogP contribution in [-0.2, 0) is 4.79 Å². The van der Waals surface area contributed by atoms with Crippen LogP contribution in [0.25, 0.3) is 6.08 Å². The number of aliphatic imine (C=N–C) groups is 1. The molecule has 0 spiro atoms. The minimum atomic E-state index is -0.330. The van der Waals surface area contributed by atoms with E-state index in [0.29, 0.717) is 17.1 Å². The average molecular weight is 310 g/mol. The van der Waals surface area contributed by atoms with Crippen molar-refractivity contribution in [2.45, 2.75) is 6.92 Å². The molecule has 0 saturated carbocycles. The number of hydrogen-bond acceptors (Lipinski definition) is 3. The number of amidine groups is 1. The van der Waals surface area contributed by atoms with E-state index in [9.17, 15) is 9.18 Å². The molecule has 0 aliphatic carbocycles. The zero-order valence-corrected chi connectivity index (χ0v) is 12.8. The highest BCUT2D eigenvalue weighted by atomic mass is 19.1. The summed E-state index contributed by atoms with van der Waals surface area (Å²) in [6, 6.07) is 11.4. The zero-order valence-electron chi connectivity index (χ0n) is 12.8. The Balaban J connectivity index is 1.91. The van der Waals surface area contributed by atoms with Gasteiger partial charge in [-0.3, -0.25) is 4.79 Å². The lowest BCUT2D eigenvalue weighted by Gasteiger charge is -2.04. The van der Waals surface area contributed by atoms with Crippen LogP contribution in [0.4, 0.5) is 4.39 Å². The van der Waals surface area contributed by atoms with Gasteiger partial charge in [0.1, 0.15) is 23.1 Å². The topological polar surface area (TPSA) is 50.7 Å². The smallest absolute Gasteiger partial charge is 0.275 e. The van der Waals surface area contributed by atoms with Crippen molar-refractivity contribution in [1.29, 1.82) is 0 Å². The third kappa shape index (κ3) is 3.13. The number of halogens is 1. The summed E-state index contributed by atoms with van der Waals surface area (Å²) in [5.74, 6) is 0.603. The van der Waals surface area contributed by atoms with Gasteiger partial charge in [0.2, 0.25) is 0 Å². The lowest BCUT2D eigenvalue weighted by Crippen LogP contribution is -2.24. The number of aryl methyl sites for hydroxylation is 1. The molecule has 1 aliphatic heterocycles. The number of ether oxygens (including phenoxy) is 1. The maximum Gasteiger partial charge on any atom is 0.275 e. The lowest BCUT2D eigenvalue weighted by molar-refractivity contribution is -0.115. The Morgan fingerprint density at radius 3 is 2.57 bits per heavy atom. The van der Waals surface area contributed by atoms with E-state index in [1.165, 1.54) is 12.1 Å². The maximum absolute atomic E-state index is 13.0. The van der Waals surface area contributed by atoms with E-state index in [-0.39, 0.29) is 11.7 Å². The van der Waals surface area contributed by atoms with E-state index in [1.54, 1.807) is 25.3 Å². The predicted octanol–water partition coefficient (Wildman–Crippen LogP) is 3.06. The minimum Gasteiger partial charge on any atom is -0.496 e. The Kier molecular flexibility index (Phi) is 3.93. The summed E-state index contributed by atoms with van der Waals surface area (Å²) in [6.45, 7) is 1.93. The van der Waals surface area contributed by atoms with Crippen LogP contribution in [0.15, 0.2) is 53.2 Å². The maximum atomic E-state index is 13.0. The van der Waals surface area contributed by atoms with Gasteiger partial charge in [0.15, 0.2) is 0 Å². The normalized spacial score (nSPS) is 15.5. The fourth-order valence-electron chi connectivity index (χ4n) is 2.36. The number of amides is 1. The molecule has 2 aromatic rings. The van der Waals surface area contributed by atoms with Crippen molar-refractivity contribution in [3.8, 4) is 5.75 Å². The Labute approximate surface area is 133 Å². The van der Waals surface area contributed by atoms with E-state index in [4.69, 9.17) is 4.74 Å². The summed E-state index contributed by atoms with van der Waals surface area (Å²) in [5.41, 5.74) is 2.81. The van der Waals surface area contributed by atoms with Crippen molar-refractivity contribution in [2.75, 3.05) is 7.11 Å². The van der Waals surface area contributed by atoms with Crippen LogP contribution in [0.1, 0.15) is 16.7 Å². The Bertz CT molecular complexity index is 823. The van der Waals surface area contributed by atoms with Crippen molar-refractivity contribution >= 4 is 17.8 Å². The van der Waals surface area contributed by atoms with Crippen LogP contribution < -0.4 is 10.1 Å². The fraction of sp³-hybridized carbons (Fsp3) is 0.111. The number of rotatable bonds is 3. The van der Waals surface area contributed by atoms with Crippen molar-refractivity contribution in [2.24, 2.45) is 4.99 Å². The van der Waals surface area contributed by atoms with E-state index >= 15 is 0 Å². The van der Waals surface area contributed by atoms with Crippen molar-refractivity contribution in [3.63, 3.8) is 0 Å². The summed E-state index contributed by atoms with van der Waals surface area (Å²) in [6.07, 6.45) is 1.71. The molecule has 1 aliphatic rings. The first-order valence-electron chi connectivity index (χ1n) is 7.09. The highest BCUT2D eigenvalue weighted by Crippen LogP contribution is 2.21. The van der Waals surface area contributed by atoms with Gasteiger partial charge in [0, 0.05) is 5.56 Å². The first kappa shape index (κ1) is 15.0. The Morgan fingerprint density at radius 1 is 1.17 bits per heavy atom. The van der Waals surface area contributed by atoms with E-state index in [0.717, 1.165) is 16.9 Å². The summed E-state index contributed by atoms with van der Waals surface area (Å²) >= 11 is 0. The molecule has 4 nitrogen and oxygen atoms in total. The molecule has 0 bridgehead atoms. The third-order valence-corrected chi connectivity index (χ3v) is 3.54.